The van der Waals surface area contributed by atoms with Crippen LogP contribution in [0.25, 0.3) is 0 Å². The summed E-state index contributed by atoms with van der Waals surface area (Å²) in [5.41, 5.74) is 1.41. The molecule has 0 aromatic heterocycles. The van der Waals surface area contributed by atoms with Crippen LogP contribution < -0.4 is 5.32 Å². The van der Waals surface area contributed by atoms with Gasteiger partial charge >= 0.3 is 0 Å². The summed E-state index contributed by atoms with van der Waals surface area (Å²) in [6.45, 7) is 3.09. The van der Waals surface area contributed by atoms with E-state index in [1.165, 1.54) is 25.7 Å². The highest BCUT2D eigenvalue weighted by Crippen LogP contribution is 2.63. The van der Waals surface area contributed by atoms with Crippen LogP contribution >= 0.6 is 0 Å². The molecule has 0 unspecified atom stereocenters. The maximum Gasteiger partial charge on any atom is 0.120 e. The molecule has 1 aromatic carbocycles. The van der Waals surface area contributed by atoms with Gasteiger partial charge in [-0.15, -0.1) is 0 Å². The van der Waals surface area contributed by atoms with Crippen molar-refractivity contribution in [3.8, 4) is 5.75 Å². The van der Waals surface area contributed by atoms with E-state index in [-0.39, 0.29) is 6.04 Å². The zero-order valence-corrected chi connectivity index (χ0v) is 12.0. The fraction of sp³-hybridized carbons (Fsp3) is 0.647. The zero-order valence-electron chi connectivity index (χ0n) is 12.0. The van der Waals surface area contributed by atoms with E-state index in [0.717, 1.165) is 12.2 Å². The van der Waals surface area contributed by atoms with Crippen LogP contribution in [0.5, 0.6) is 5.75 Å². The molecule has 1 heterocycles. The molecule has 0 bridgehead atoms. The van der Waals surface area contributed by atoms with Crippen molar-refractivity contribution in [3.05, 3.63) is 29.8 Å². The van der Waals surface area contributed by atoms with Crippen molar-refractivity contribution in [2.75, 3.05) is 6.61 Å². The Balaban J connectivity index is 1.52. The summed E-state index contributed by atoms with van der Waals surface area (Å²) >= 11 is 0. The number of phenols is 1. The Labute approximate surface area is 120 Å². The second kappa shape index (κ2) is 4.47. The minimum absolute atomic E-state index is 0.195. The van der Waals surface area contributed by atoms with Gasteiger partial charge in [0.2, 0.25) is 0 Å². The van der Waals surface area contributed by atoms with Crippen molar-refractivity contribution in [3.63, 3.8) is 0 Å². The SMILES string of the molecule is C[C@H](N[C@@H]1[C@H]2CCO[C@@H]2C12CCC2)c1ccccc1O. The Morgan fingerprint density at radius 1 is 1.35 bits per heavy atom. The molecule has 108 valence electrons. The van der Waals surface area contributed by atoms with Crippen molar-refractivity contribution >= 4 is 0 Å². The van der Waals surface area contributed by atoms with Crippen molar-refractivity contribution in [2.45, 2.75) is 50.8 Å². The van der Waals surface area contributed by atoms with E-state index in [1.807, 2.05) is 18.2 Å². The van der Waals surface area contributed by atoms with Gasteiger partial charge in [-0.2, -0.15) is 0 Å². The van der Waals surface area contributed by atoms with E-state index in [0.29, 0.717) is 29.2 Å². The lowest BCUT2D eigenvalue weighted by atomic mass is 9.46. The molecule has 1 aliphatic heterocycles. The average molecular weight is 273 g/mol. The predicted octanol–water partition coefficient (Wildman–Crippen LogP) is 3.00. The van der Waals surface area contributed by atoms with Crippen molar-refractivity contribution in [1.29, 1.82) is 0 Å². The van der Waals surface area contributed by atoms with Gasteiger partial charge < -0.3 is 15.2 Å². The third-order valence-corrected chi connectivity index (χ3v) is 5.87. The van der Waals surface area contributed by atoms with Crippen LogP contribution in [0, 0.1) is 11.3 Å². The van der Waals surface area contributed by atoms with Gasteiger partial charge in [0.15, 0.2) is 0 Å². The van der Waals surface area contributed by atoms with E-state index in [2.05, 4.69) is 12.2 Å². The van der Waals surface area contributed by atoms with Crippen LogP contribution in [0.2, 0.25) is 0 Å². The normalized spacial score (nSPS) is 35.1. The molecule has 4 atom stereocenters. The van der Waals surface area contributed by atoms with Crippen molar-refractivity contribution < 1.29 is 9.84 Å². The summed E-state index contributed by atoms with van der Waals surface area (Å²) in [6.07, 6.45) is 5.65. The monoisotopic (exact) mass is 273 g/mol. The first-order valence-electron chi connectivity index (χ1n) is 7.88. The lowest BCUT2D eigenvalue weighted by Gasteiger charge is -2.64. The maximum absolute atomic E-state index is 10.0. The smallest absolute Gasteiger partial charge is 0.120 e. The summed E-state index contributed by atoms with van der Waals surface area (Å²) in [4.78, 5) is 0. The molecule has 1 aromatic rings. The van der Waals surface area contributed by atoms with Crippen LogP contribution in [-0.2, 0) is 4.74 Å². The molecular weight excluding hydrogens is 250 g/mol. The van der Waals surface area contributed by atoms with Crippen LogP contribution in [0.1, 0.15) is 44.2 Å². The van der Waals surface area contributed by atoms with E-state index in [1.54, 1.807) is 6.07 Å². The molecule has 1 saturated heterocycles. The fourth-order valence-electron chi connectivity index (χ4n) is 4.71. The van der Waals surface area contributed by atoms with Gasteiger partial charge in [0.1, 0.15) is 5.75 Å². The number of phenolic OH excluding ortho intramolecular Hbond substituents is 1. The predicted molar refractivity (Wildman–Crippen MR) is 77.6 cm³/mol. The van der Waals surface area contributed by atoms with E-state index in [4.69, 9.17) is 4.74 Å². The molecule has 1 spiro atoms. The lowest BCUT2D eigenvalue weighted by molar-refractivity contribution is -0.178. The Morgan fingerprint density at radius 2 is 2.15 bits per heavy atom. The van der Waals surface area contributed by atoms with Gasteiger partial charge in [0.25, 0.3) is 0 Å². The highest BCUT2D eigenvalue weighted by Gasteiger charge is 2.66. The highest BCUT2D eigenvalue weighted by atomic mass is 16.5. The Bertz CT molecular complexity index is 511. The minimum atomic E-state index is 0.195. The van der Waals surface area contributed by atoms with Gasteiger partial charge in [-0.3, -0.25) is 0 Å². The average Bonchev–Trinajstić information content (AvgIpc) is 2.80. The van der Waals surface area contributed by atoms with Crippen LogP contribution in [0.3, 0.4) is 0 Å². The molecule has 20 heavy (non-hydrogen) atoms. The van der Waals surface area contributed by atoms with Gasteiger partial charge in [-0.1, -0.05) is 24.6 Å². The van der Waals surface area contributed by atoms with Crippen LogP contribution in [-0.4, -0.2) is 23.9 Å². The second-order valence-corrected chi connectivity index (χ2v) is 6.76. The summed E-state index contributed by atoms with van der Waals surface area (Å²) in [6, 6.07) is 8.42. The first-order valence-corrected chi connectivity index (χ1v) is 7.88. The number of fused-ring (bicyclic) bond motifs is 2. The van der Waals surface area contributed by atoms with E-state index < -0.39 is 0 Å². The Hall–Kier alpha value is -1.06. The summed E-state index contributed by atoms with van der Waals surface area (Å²) < 4.78 is 5.96. The number of hydrogen-bond acceptors (Lipinski definition) is 3. The highest BCUT2D eigenvalue weighted by molar-refractivity contribution is 5.34. The molecule has 2 N–H and O–H groups in total. The number of para-hydroxylation sites is 1. The first-order chi connectivity index (χ1) is 9.72. The molecule has 2 saturated carbocycles. The molecule has 3 aliphatic rings. The minimum Gasteiger partial charge on any atom is -0.508 e. The standard InChI is InChI=1S/C17H23NO2/c1-11(12-5-2-3-6-14(12)19)18-15-13-7-10-20-16(13)17(15)8-4-9-17/h2-3,5-6,11,13,15-16,18-19H,4,7-10H2,1H3/t11-,13+,15+,16-/m0/s1. The topological polar surface area (TPSA) is 41.5 Å². The second-order valence-electron chi connectivity index (χ2n) is 6.76. The van der Waals surface area contributed by atoms with E-state index >= 15 is 0 Å². The fourth-order valence-corrected chi connectivity index (χ4v) is 4.71. The largest absolute Gasteiger partial charge is 0.508 e. The number of hydrogen-bond donors (Lipinski definition) is 2. The quantitative estimate of drug-likeness (QED) is 0.889. The number of rotatable bonds is 3. The third kappa shape index (κ3) is 1.60. The molecular formula is C17H23NO2. The Kier molecular flexibility index (Phi) is 2.83. The summed E-state index contributed by atoms with van der Waals surface area (Å²) in [7, 11) is 0. The van der Waals surface area contributed by atoms with Crippen LogP contribution in [0.4, 0.5) is 0 Å². The molecule has 0 radical (unpaired) electrons. The molecule has 3 fully saturated rings. The molecule has 3 nitrogen and oxygen atoms in total. The maximum atomic E-state index is 10.0. The first kappa shape index (κ1) is 12.7. The van der Waals surface area contributed by atoms with Gasteiger partial charge in [-0.25, -0.2) is 0 Å². The molecule has 3 heteroatoms. The van der Waals surface area contributed by atoms with Crippen molar-refractivity contribution in [2.24, 2.45) is 11.3 Å². The number of aromatic hydroxyl groups is 1. The molecule has 4 rings (SSSR count). The number of nitrogens with one attached hydrogen (secondary N) is 1. The summed E-state index contributed by atoms with van der Waals surface area (Å²) in [5.74, 6) is 1.08. The Morgan fingerprint density at radius 3 is 2.85 bits per heavy atom. The number of benzene rings is 1. The van der Waals surface area contributed by atoms with Crippen molar-refractivity contribution in [1.82, 2.24) is 5.32 Å². The van der Waals surface area contributed by atoms with Gasteiger partial charge in [0, 0.05) is 35.6 Å². The lowest BCUT2D eigenvalue weighted by Crippen LogP contribution is -2.71. The van der Waals surface area contributed by atoms with E-state index in [9.17, 15) is 5.11 Å². The molecule has 2 aliphatic carbocycles. The van der Waals surface area contributed by atoms with Crippen LogP contribution in [0.15, 0.2) is 24.3 Å². The summed E-state index contributed by atoms with van der Waals surface area (Å²) in [5, 5.41) is 13.8. The number of ether oxygens (including phenoxy) is 1. The zero-order chi connectivity index (χ0) is 13.7. The van der Waals surface area contributed by atoms with Gasteiger partial charge in [0.05, 0.1) is 6.10 Å². The molecule has 0 amide bonds. The van der Waals surface area contributed by atoms with Gasteiger partial charge in [-0.05, 0) is 32.3 Å². The third-order valence-electron chi connectivity index (χ3n) is 5.87.